The summed E-state index contributed by atoms with van der Waals surface area (Å²) in [6, 6.07) is 2.47. The number of halogens is 2. The zero-order valence-corrected chi connectivity index (χ0v) is 13.2. The van der Waals surface area contributed by atoms with Crippen LogP contribution in [0.25, 0.3) is 0 Å². The molecule has 106 valence electrons. The van der Waals surface area contributed by atoms with Gasteiger partial charge in [-0.05, 0) is 40.9 Å². The van der Waals surface area contributed by atoms with Crippen molar-refractivity contribution in [2.75, 3.05) is 18.9 Å². The molecule has 5 nitrogen and oxygen atoms in total. The van der Waals surface area contributed by atoms with Crippen LogP contribution in [-0.2, 0) is 10.0 Å². The molecule has 0 unspecified atom stereocenters. The van der Waals surface area contributed by atoms with E-state index in [1.807, 2.05) is 0 Å². The first-order valence-corrected chi connectivity index (χ1v) is 8.36. The second-order valence-electron chi connectivity index (χ2n) is 4.40. The molecule has 0 saturated carbocycles. The predicted molar refractivity (Wildman–Crippen MR) is 77.6 cm³/mol. The number of aliphatic hydroxyl groups excluding tert-OH is 1. The lowest BCUT2D eigenvalue weighted by atomic mass is 10.2. The molecule has 1 aliphatic heterocycles. The molecule has 1 heterocycles. The first kappa shape index (κ1) is 15.1. The van der Waals surface area contributed by atoms with E-state index in [0.29, 0.717) is 17.4 Å². The average Bonchev–Trinajstić information content (AvgIpc) is 2.82. The van der Waals surface area contributed by atoms with Crippen LogP contribution in [0.1, 0.15) is 12.8 Å². The highest BCUT2D eigenvalue weighted by Crippen LogP contribution is 2.35. The molecule has 19 heavy (non-hydrogen) atoms. The summed E-state index contributed by atoms with van der Waals surface area (Å²) < 4.78 is 26.8. The van der Waals surface area contributed by atoms with Gasteiger partial charge < -0.3 is 10.8 Å². The summed E-state index contributed by atoms with van der Waals surface area (Å²) in [4.78, 5) is 0.0397. The van der Waals surface area contributed by atoms with Gasteiger partial charge in [0.2, 0.25) is 10.0 Å². The summed E-state index contributed by atoms with van der Waals surface area (Å²) in [5.41, 5.74) is 5.99. The van der Waals surface area contributed by atoms with Crippen LogP contribution in [-0.4, -0.2) is 37.0 Å². The van der Waals surface area contributed by atoms with Gasteiger partial charge in [0.25, 0.3) is 0 Å². The van der Waals surface area contributed by atoms with Gasteiger partial charge in [0, 0.05) is 23.3 Å². The maximum Gasteiger partial charge on any atom is 0.244 e. The lowest BCUT2D eigenvalue weighted by molar-refractivity contribution is 0.213. The Balaban J connectivity index is 2.51. The fourth-order valence-electron chi connectivity index (χ4n) is 2.21. The lowest BCUT2D eigenvalue weighted by Crippen LogP contribution is -2.37. The summed E-state index contributed by atoms with van der Waals surface area (Å²) in [5.74, 6) is 0. The summed E-state index contributed by atoms with van der Waals surface area (Å²) >= 11 is 9.06. The van der Waals surface area contributed by atoms with Crippen molar-refractivity contribution in [1.29, 1.82) is 0 Å². The molecule has 1 aromatic carbocycles. The summed E-state index contributed by atoms with van der Waals surface area (Å²) in [5, 5.41) is 9.52. The summed E-state index contributed by atoms with van der Waals surface area (Å²) in [7, 11) is -3.71. The van der Waals surface area contributed by atoms with E-state index in [1.165, 1.54) is 16.4 Å². The molecule has 3 N–H and O–H groups in total. The Bertz CT molecular complexity index is 594. The summed E-state index contributed by atoms with van der Waals surface area (Å²) in [6.45, 7) is 0.208. The van der Waals surface area contributed by atoms with Gasteiger partial charge in [-0.1, -0.05) is 11.6 Å². The van der Waals surface area contributed by atoms with Gasteiger partial charge in [-0.2, -0.15) is 4.31 Å². The smallest absolute Gasteiger partial charge is 0.244 e. The molecular formula is C11H14BrClN2O3S. The Kier molecular flexibility index (Phi) is 4.42. The topological polar surface area (TPSA) is 83.6 Å². The maximum atomic E-state index is 12.6. The molecule has 8 heteroatoms. The lowest BCUT2D eigenvalue weighted by Gasteiger charge is -2.23. The van der Waals surface area contributed by atoms with Crippen LogP contribution in [0.4, 0.5) is 5.69 Å². The number of rotatable bonds is 3. The van der Waals surface area contributed by atoms with Crippen molar-refractivity contribution in [2.24, 2.45) is 0 Å². The average molecular weight is 370 g/mol. The molecule has 1 fully saturated rings. The Morgan fingerprint density at radius 2 is 2.21 bits per heavy atom. The van der Waals surface area contributed by atoms with Crippen LogP contribution in [0, 0.1) is 0 Å². The Morgan fingerprint density at radius 3 is 2.84 bits per heavy atom. The van der Waals surface area contributed by atoms with Crippen molar-refractivity contribution < 1.29 is 13.5 Å². The van der Waals surface area contributed by atoms with Crippen molar-refractivity contribution >= 4 is 43.2 Å². The third kappa shape index (κ3) is 2.75. The molecule has 0 amide bonds. The van der Waals surface area contributed by atoms with E-state index in [2.05, 4.69) is 15.9 Å². The van der Waals surface area contributed by atoms with E-state index >= 15 is 0 Å². The highest BCUT2D eigenvalue weighted by molar-refractivity contribution is 9.10. The molecule has 2 rings (SSSR count). The third-order valence-corrected chi connectivity index (χ3v) is 6.49. The number of benzene rings is 1. The van der Waals surface area contributed by atoms with Crippen LogP contribution in [0.3, 0.4) is 0 Å². The number of nitrogen functional groups attached to an aromatic ring is 1. The number of anilines is 1. The zero-order valence-electron chi connectivity index (χ0n) is 10.0. The van der Waals surface area contributed by atoms with Crippen molar-refractivity contribution in [3.05, 3.63) is 21.6 Å². The second-order valence-corrected chi connectivity index (χ2v) is 7.49. The van der Waals surface area contributed by atoms with E-state index in [9.17, 15) is 13.5 Å². The quantitative estimate of drug-likeness (QED) is 0.796. The number of nitrogens with two attached hydrogens (primary N) is 1. The molecule has 1 atom stereocenters. The van der Waals surface area contributed by atoms with E-state index < -0.39 is 10.0 Å². The van der Waals surface area contributed by atoms with Crippen molar-refractivity contribution in [2.45, 2.75) is 23.8 Å². The normalized spacial score (nSPS) is 20.9. The first-order valence-electron chi connectivity index (χ1n) is 5.75. The molecule has 0 spiro atoms. The predicted octanol–water partition coefficient (Wildman–Crippen LogP) is 1.83. The van der Waals surface area contributed by atoms with Gasteiger partial charge in [-0.15, -0.1) is 0 Å². The Morgan fingerprint density at radius 1 is 1.53 bits per heavy atom. The SMILES string of the molecule is Nc1cc(Cl)cc(S(=O)(=O)N2CCC[C@H]2CO)c1Br. The minimum atomic E-state index is -3.71. The monoisotopic (exact) mass is 368 g/mol. The fourth-order valence-corrected chi connectivity index (χ4v) is 5.15. The standard InChI is InChI=1S/C11H14BrClN2O3S/c12-11-9(14)4-7(13)5-10(11)19(17,18)15-3-1-2-8(15)6-16/h4-5,8,16H,1-3,6,14H2/t8-/m0/s1. The molecule has 1 saturated heterocycles. The first-order chi connectivity index (χ1) is 8.87. The molecule has 0 bridgehead atoms. The Labute approximate surface area is 125 Å². The van der Waals surface area contributed by atoms with Crippen LogP contribution in [0.15, 0.2) is 21.5 Å². The van der Waals surface area contributed by atoms with Crippen molar-refractivity contribution in [3.63, 3.8) is 0 Å². The van der Waals surface area contributed by atoms with Gasteiger partial charge in [0.1, 0.15) is 0 Å². The minimum Gasteiger partial charge on any atom is -0.398 e. The molecule has 1 aliphatic rings. The number of hydrogen-bond acceptors (Lipinski definition) is 4. The number of aliphatic hydroxyl groups is 1. The summed E-state index contributed by atoms with van der Waals surface area (Å²) in [6.07, 6.45) is 1.39. The molecule has 0 aliphatic carbocycles. The zero-order chi connectivity index (χ0) is 14.2. The highest BCUT2D eigenvalue weighted by atomic mass is 79.9. The number of nitrogens with zero attached hydrogens (tertiary/aromatic N) is 1. The highest BCUT2D eigenvalue weighted by Gasteiger charge is 2.36. The number of sulfonamides is 1. The van der Waals surface area contributed by atoms with Crippen LogP contribution in [0.2, 0.25) is 5.02 Å². The Hall–Kier alpha value is -0.340. The molecule has 1 aromatic rings. The van der Waals surface area contributed by atoms with Crippen molar-refractivity contribution in [1.82, 2.24) is 4.31 Å². The van der Waals surface area contributed by atoms with E-state index in [1.54, 1.807) is 0 Å². The van der Waals surface area contributed by atoms with Crippen LogP contribution < -0.4 is 5.73 Å². The fraction of sp³-hybridized carbons (Fsp3) is 0.455. The van der Waals surface area contributed by atoms with Crippen molar-refractivity contribution in [3.8, 4) is 0 Å². The van der Waals surface area contributed by atoms with Crippen LogP contribution in [0.5, 0.6) is 0 Å². The largest absolute Gasteiger partial charge is 0.398 e. The maximum absolute atomic E-state index is 12.6. The van der Waals surface area contributed by atoms with Gasteiger partial charge in [0.15, 0.2) is 0 Å². The van der Waals surface area contributed by atoms with E-state index in [-0.39, 0.29) is 28.3 Å². The van der Waals surface area contributed by atoms with Gasteiger partial charge in [0.05, 0.1) is 16.0 Å². The molecule has 0 radical (unpaired) electrons. The van der Waals surface area contributed by atoms with Crippen LogP contribution >= 0.6 is 27.5 Å². The van der Waals surface area contributed by atoms with Gasteiger partial charge in [-0.25, -0.2) is 8.42 Å². The molecular weight excluding hydrogens is 356 g/mol. The van der Waals surface area contributed by atoms with E-state index in [0.717, 1.165) is 6.42 Å². The molecule has 0 aromatic heterocycles. The van der Waals surface area contributed by atoms with Gasteiger partial charge >= 0.3 is 0 Å². The van der Waals surface area contributed by atoms with E-state index in [4.69, 9.17) is 17.3 Å². The third-order valence-electron chi connectivity index (χ3n) is 3.15. The van der Waals surface area contributed by atoms with Gasteiger partial charge in [-0.3, -0.25) is 0 Å². The minimum absolute atomic E-state index is 0.0397. The second kappa shape index (κ2) is 5.57. The number of hydrogen-bond donors (Lipinski definition) is 2.